The van der Waals surface area contributed by atoms with E-state index < -0.39 is 6.10 Å². The second-order valence-corrected chi connectivity index (χ2v) is 5.60. The molecule has 1 aliphatic rings. The Hall–Kier alpha value is -1.88. The van der Waals surface area contributed by atoms with Crippen molar-refractivity contribution in [2.75, 3.05) is 0 Å². The fourth-order valence-electron chi connectivity index (χ4n) is 2.88. The van der Waals surface area contributed by atoms with E-state index in [1.807, 2.05) is 18.2 Å². The van der Waals surface area contributed by atoms with E-state index in [0.717, 1.165) is 25.7 Å². The molecule has 0 bridgehead atoms. The third-order valence-corrected chi connectivity index (χ3v) is 4.04. The van der Waals surface area contributed by atoms with Crippen molar-refractivity contribution >= 4 is 11.8 Å². The van der Waals surface area contributed by atoms with Gasteiger partial charge >= 0.3 is 0 Å². The number of carbonyl (C=O) groups excluding carboxylic acids is 2. The molecule has 21 heavy (non-hydrogen) atoms. The molecule has 0 aromatic heterocycles. The van der Waals surface area contributed by atoms with Crippen LogP contribution in [0.25, 0.3) is 0 Å². The van der Waals surface area contributed by atoms with Gasteiger partial charge in [0.15, 0.2) is 0 Å². The van der Waals surface area contributed by atoms with E-state index in [1.165, 1.54) is 0 Å². The Morgan fingerprint density at radius 3 is 2.57 bits per heavy atom. The van der Waals surface area contributed by atoms with Gasteiger partial charge in [-0.2, -0.15) is 0 Å². The fourth-order valence-corrected chi connectivity index (χ4v) is 2.88. The average Bonchev–Trinajstić information content (AvgIpc) is 2.48. The highest BCUT2D eigenvalue weighted by molar-refractivity contribution is 5.80. The van der Waals surface area contributed by atoms with Gasteiger partial charge in [-0.3, -0.25) is 9.59 Å². The Labute approximate surface area is 124 Å². The van der Waals surface area contributed by atoms with Gasteiger partial charge in [-0.1, -0.05) is 43.2 Å². The standard InChI is InChI=1S/C16H22N2O3/c17-16(21)12-8-4-5-9-13(12)18-15(20)10-14(19)11-6-2-1-3-7-11/h1-3,6-7,12-14,19H,4-5,8-10H2,(H2,17,21)(H,18,20). The predicted molar refractivity (Wildman–Crippen MR) is 79.1 cm³/mol. The normalized spacial score (nSPS) is 23.3. The van der Waals surface area contributed by atoms with Gasteiger partial charge < -0.3 is 16.2 Å². The molecule has 1 saturated carbocycles. The molecule has 0 heterocycles. The fraction of sp³-hybridized carbons (Fsp3) is 0.500. The molecule has 1 aromatic rings. The van der Waals surface area contributed by atoms with E-state index in [9.17, 15) is 14.7 Å². The van der Waals surface area contributed by atoms with Crippen LogP contribution in [0, 0.1) is 5.92 Å². The number of benzene rings is 1. The van der Waals surface area contributed by atoms with Crippen molar-refractivity contribution in [1.82, 2.24) is 5.32 Å². The lowest BCUT2D eigenvalue weighted by Crippen LogP contribution is -2.47. The van der Waals surface area contributed by atoms with Gasteiger partial charge in [0.2, 0.25) is 11.8 Å². The van der Waals surface area contributed by atoms with Gasteiger partial charge in [-0.15, -0.1) is 0 Å². The molecule has 2 amide bonds. The number of nitrogens with two attached hydrogens (primary N) is 1. The zero-order valence-corrected chi connectivity index (χ0v) is 12.0. The van der Waals surface area contributed by atoms with Crippen LogP contribution in [0.15, 0.2) is 30.3 Å². The highest BCUT2D eigenvalue weighted by Gasteiger charge is 2.30. The van der Waals surface area contributed by atoms with E-state index in [4.69, 9.17) is 5.73 Å². The third kappa shape index (κ3) is 4.29. The van der Waals surface area contributed by atoms with Crippen LogP contribution in [0.4, 0.5) is 0 Å². The van der Waals surface area contributed by atoms with Gasteiger partial charge in [-0.05, 0) is 18.4 Å². The summed E-state index contributed by atoms with van der Waals surface area (Å²) in [6.07, 6.45) is 2.60. The van der Waals surface area contributed by atoms with E-state index in [-0.39, 0.29) is 30.2 Å². The number of rotatable bonds is 5. The van der Waals surface area contributed by atoms with Gasteiger partial charge in [0.1, 0.15) is 0 Å². The molecule has 3 unspecified atom stereocenters. The van der Waals surface area contributed by atoms with Crippen LogP contribution in [0.2, 0.25) is 0 Å². The number of aliphatic hydroxyl groups excluding tert-OH is 1. The molecule has 1 aliphatic carbocycles. The summed E-state index contributed by atoms with van der Waals surface area (Å²) in [5, 5.41) is 12.9. The zero-order valence-electron chi connectivity index (χ0n) is 12.0. The van der Waals surface area contributed by atoms with E-state index in [0.29, 0.717) is 5.56 Å². The summed E-state index contributed by atoms with van der Waals surface area (Å²) < 4.78 is 0. The number of hydrogen-bond acceptors (Lipinski definition) is 3. The van der Waals surface area contributed by atoms with Crippen LogP contribution in [-0.2, 0) is 9.59 Å². The van der Waals surface area contributed by atoms with Crippen molar-refractivity contribution in [2.24, 2.45) is 11.7 Å². The first-order valence-corrected chi connectivity index (χ1v) is 7.39. The maximum Gasteiger partial charge on any atom is 0.223 e. The number of carbonyl (C=O) groups is 2. The smallest absolute Gasteiger partial charge is 0.223 e. The first-order valence-electron chi connectivity index (χ1n) is 7.39. The molecule has 5 heteroatoms. The second-order valence-electron chi connectivity index (χ2n) is 5.60. The van der Waals surface area contributed by atoms with Crippen molar-refractivity contribution < 1.29 is 14.7 Å². The van der Waals surface area contributed by atoms with Crippen molar-refractivity contribution in [1.29, 1.82) is 0 Å². The summed E-state index contributed by atoms with van der Waals surface area (Å²) in [4.78, 5) is 23.5. The SMILES string of the molecule is NC(=O)C1CCCCC1NC(=O)CC(O)c1ccccc1. The van der Waals surface area contributed by atoms with Crippen LogP contribution in [0.1, 0.15) is 43.8 Å². The van der Waals surface area contributed by atoms with Crippen LogP contribution >= 0.6 is 0 Å². The minimum atomic E-state index is -0.832. The molecule has 1 fully saturated rings. The van der Waals surface area contributed by atoms with Crippen LogP contribution in [0.5, 0.6) is 0 Å². The Bertz CT molecular complexity index is 490. The lowest BCUT2D eigenvalue weighted by Gasteiger charge is -2.30. The molecular formula is C16H22N2O3. The van der Waals surface area contributed by atoms with Gasteiger partial charge in [0, 0.05) is 6.04 Å². The van der Waals surface area contributed by atoms with E-state index >= 15 is 0 Å². The van der Waals surface area contributed by atoms with Crippen LogP contribution < -0.4 is 11.1 Å². The number of aliphatic hydroxyl groups is 1. The maximum atomic E-state index is 12.0. The first-order chi connectivity index (χ1) is 10.1. The second kappa shape index (κ2) is 7.22. The minimum absolute atomic E-state index is 0.00794. The maximum absolute atomic E-state index is 12.0. The molecule has 114 valence electrons. The molecule has 0 aliphatic heterocycles. The number of amides is 2. The molecule has 0 saturated heterocycles. The van der Waals surface area contributed by atoms with Crippen molar-refractivity contribution in [3.05, 3.63) is 35.9 Å². The third-order valence-electron chi connectivity index (χ3n) is 4.04. The molecule has 3 atom stereocenters. The molecule has 0 spiro atoms. The Morgan fingerprint density at radius 1 is 1.24 bits per heavy atom. The van der Waals surface area contributed by atoms with Gasteiger partial charge in [0.25, 0.3) is 0 Å². The summed E-state index contributed by atoms with van der Waals surface area (Å²) >= 11 is 0. The summed E-state index contributed by atoms with van der Waals surface area (Å²) in [5.41, 5.74) is 6.10. The minimum Gasteiger partial charge on any atom is -0.388 e. The lowest BCUT2D eigenvalue weighted by molar-refractivity contribution is -0.127. The quantitative estimate of drug-likeness (QED) is 0.762. The Morgan fingerprint density at radius 2 is 1.90 bits per heavy atom. The first kappa shape index (κ1) is 15.5. The Balaban J connectivity index is 1.90. The molecule has 2 rings (SSSR count). The average molecular weight is 290 g/mol. The molecule has 1 aromatic carbocycles. The number of primary amides is 1. The topological polar surface area (TPSA) is 92.4 Å². The largest absolute Gasteiger partial charge is 0.388 e. The van der Waals surface area contributed by atoms with Crippen LogP contribution in [0.3, 0.4) is 0 Å². The molecule has 4 N–H and O–H groups in total. The highest BCUT2D eigenvalue weighted by atomic mass is 16.3. The van der Waals surface area contributed by atoms with E-state index in [1.54, 1.807) is 12.1 Å². The zero-order chi connectivity index (χ0) is 15.2. The summed E-state index contributed by atoms with van der Waals surface area (Å²) in [6, 6.07) is 8.86. The molecule has 5 nitrogen and oxygen atoms in total. The lowest BCUT2D eigenvalue weighted by atomic mass is 9.84. The predicted octanol–water partition coefficient (Wildman–Crippen LogP) is 1.27. The Kier molecular flexibility index (Phi) is 5.33. The van der Waals surface area contributed by atoms with Gasteiger partial charge in [-0.25, -0.2) is 0 Å². The monoisotopic (exact) mass is 290 g/mol. The van der Waals surface area contributed by atoms with E-state index in [2.05, 4.69) is 5.32 Å². The van der Waals surface area contributed by atoms with Crippen molar-refractivity contribution in [3.8, 4) is 0 Å². The molecule has 0 radical (unpaired) electrons. The number of nitrogens with one attached hydrogen (secondary N) is 1. The highest BCUT2D eigenvalue weighted by Crippen LogP contribution is 2.24. The summed E-state index contributed by atoms with van der Waals surface area (Å²) in [7, 11) is 0. The van der Waals surface area contributed by atoms with Crippen LogP contribution in [-0.4, -0.2) is 23.0 Å². The molecular weight excluding hydrogens is 268 g/mol. The summed E-state index contributed by atoms with van der Waals surface area (Å²) in [5.74, 6) is -0.898. The summed E-state index contributed by atoms with van der Waals surface area (Å²) in [6.45, 7) is 0. The van der Waals surface area contributed by atoms with Crippen molar-refractivity contribution in [2.45, 2.75) is 44.2 Å². The van der Waals surface area contributed by atoms with Gasteiger partial charge in [0.05, 0.1) is 18.4 Å². The number of hydrogen-bond donors (Lipinski definition) is 3. The van der Waals surface area contributed by atoms with Crippen molar-refractivity contribution in [3.63, 3.8) is 0 Å².